The summed E-state index contributed by atoms with van der Waals surface area (Å²) in [7, 11) is 0. The number of aromatic nitrogens is 3. The Morgan fingerprint density at radius 2 is 1.68 bits per heavy atom. The molecule has 0 bridgehead atoms. The highest BCUT2D eigenvalue weighted by Gasteiger charge is 2.17. The van der Waals surface area contributed by atoms with Crippen LogP contribution in [0, 0.1) is 5.82 Å². The molecule has 0 aliphatic carbocycles. The predicted octanol–water partition coefficient (Wildman–Crippen LogP) is 5.37. The lowest BCUT2D eigenvalue weighted by atomic mass is 10.1. The first-order chi connectivity index (χ1) is 15.1. The van der Waals surface area contributed by atoms with E-state index in [1.54, 1.807) is 0 Å². The van der Waals surface area contributed by atoms with Gasteiger partial charge in [-0.1, -0.05) is 61.2 Å². The molecule has 0 aliphatic rings. The Kier molecular flexibility index (Phi) is 6.43. The maximum absolute atomic E-state index is 13.1. The summed E-state index contributed by atoms with van der Waals surface area (Å²) < 4.78 is 15.0. The molecule has 3 aromatic carbocycles. The normalized spacial score (nSPS) is 10.8. The quantitative estimate of drug-likeness (QED) is 0.399. The molecule has 0 saturated heterocycles. The predicted molar refractivity (Wildman–Crippen MR) is 122 cm³/mol. The molecule has 0 saturated carbocycles. The molecule has 1 heterocycles. The molecule has 1 amide bonds. The van der Waals surface area contributed by atoms with Crippen molar-refractivity contribution >= 4 is 23.4 Å². The monoisotopic (exact) mass is 432 g/mol. The van der Waals surface area contributed by atoms with E-state index >= 15 is 0 Å². The van der Waals surface area contributed by atoms with Crippen molar-refractivity contribution in [2.45, 2.75) is 18.5 Å². The zero-order valence-electron chi connectivity index (χ0n) is 17.0. The molecule has 156 valence electrons. The van der Waals surface area contributed by atoms with E-state index in [-0.39, 0.29) is 17.5 Å². The summed E-state index contributed by atoms with van der Waals surface area (Å²) in [4.78, 5) is 12.4. The number of nitrogens with zero attached hydrogens (tertiary/aromatic N) is 3. The highest BCUT2D eigenvalue weighted by molar-refractivity contribution is 7.99. The van der Waals surface area contributed by atoms with Crippen LogP contribution < -0.4 is 5.32 Å². The fourth-order valence-corrected chi connectivity index (χ4v) is 3.86. The second kappa shape index (κ2) is 9.57. The van der Waals surface area contributed by atoms with Crippen molar-refractivity contribution in [1.82, 2.24) is 14.8 Å². The largest absolute Gasteiger partial charge is 0.325 e. The molecule has 4 aromatic rings. The van der Waals surface area contributed by atoms with Crippen LogP contribution in [-0.2, 0) is 11.2 Å². The number of hydrogen-bond donors (Lipinski definition) is 1. The van der Waals surface area contributed by atoms with Gasteiger partial charge in [-0.05, 0) is 48.4 Å². The Morgan fingerprint density at radius 3 is 2.35 bits per heavy atom. The van der Waals surface area contributed by atoms with Gasteiger partial charge in [0.2, 0.25) is 5.91 Å². The Bertz CT molecular complexity index is 1160. The van der Waals surface area contributed by atoms with Crippen molar-refractivity contribution in [2.75, 3.05) is 11.1 Å². The Hall–Kier alpha value is -3.45. The number of amides is 1. The van der Waals surface area contributed by atoms with E-state index in [2.05, 4.69) is 34.6 Å². The number of nitrogens with one attached hydrogen (secondary N) is 1. The smallest absolute Gasteiger partial charge is 0.234 e. The van der Waals surface area contributed by atoms with E-state index in [0.29, 0.717) is 16.7 Å². The molecule has 7 heteroatoms. The zero-order valence-corrected chi connectivity index (χ0v) is 17.8. The van der Waals surface area contributed by atoms with Gasteiger partial charge in [0, 0.05) is 16.9 Å². The van der Waals surface area contributed by atoms with Crippen LogP contribution in [0.2, 0.25) is 0 Å². The summed E-state index contributed by atoms with van der Waals surface area (Å²) in [6.07, 6.45) is 0.958. The fraction of sp³-hybridized carbons (Fsp3) is 0.125. The molecule has 0 spiro atoms. The summed E-state index contributed by atoms with van der Waals surface area (Å²) in [5.41, 5.74) is 3.67. The molecule has 1 aromatic heterocycles. The third-order valence-electron chi connectivity index (χ3n) is 4.73. The van der Waals surface area contributed by atoms with Crippen molar-refractivity contribution in [2.24, 2.45) is 0 Å². The van der Waals surface area contributed by atoms with Gasteiger partial charge in [0.1, 0.15) is 5.82 Å². The molecule has 31 heavy (non-hydrogen) atoms. The van der Waals surface area contributed by atoms with E-state index < -0.39 is 0 Å². The van der Waals surface area contributed by atoms with Gasteiger partial charge in [0.15, 0.2) is 11.0 Å². The molecule has 4 rings (SSSR count). The molecule has 0 radical (unpaired) electrons. The van der Waals surface area contributed by atoms with Crippen molar-refractivity contribution in [3.8, 4) is 17.1 Å². The number of benzene rings is 3. The molecule has 1 N–H and O–H groups in total. The first kappa shape index (κ1) is 20.8. The van der Waals surface area contributed by atoms with Gasteiger partial charge >= 0.3 is 0 Å². The number of halogens is 1. The highest BCUT2D eigenvalue weighted by Crippen LogP contribution is 2.28. The maximum Gasteiger partial charge on any atom is 0.234 e. The Balaban J connectivity index is 1.58. The van der Waals surface area contributed by atoms with Crippen LogP contribution in [0.3, 0.4) is 0 Å². The number of anilines is 1. The molecule has 0 unspecified atom stereocenters. The highest BCUT2D eigenvalue weighted by atomic mass is 32.2. The summed E-state index contributed by atoms with van der Waals surface area (Å²) in [5, 5.41) is 12.1. The van der Waals surface area contributed by atoms with Gasteiger partial charge in [-0.3, -0.25) is 9.36 Å². The summed E-state index contributed by atoms with van der Waals surface area (Å²) in [6, 6.07) is 23.8. The van der Waals surface area contributed by atoms with Gasteiger partial charge < -0.3 is 5.32 Å². The first-order valence-electron chi connectivity index (χ1n) is 9.92. The van der Waals surface area contributed by atoms with Crippen LogP contribution in [0.25, 0.3) is 17.1 Å². The van der Waals surface area contributed by atoms with Gasteiger partial charge in [0.25, 0.3) is 0 Å². The van der Waals surface area contributed by atoms with E-state index in [9.17, 15) is 9.18 Å². The van der Waals surface area contributed by atoms with E-state index in [4.69, 9.17) is 0 Å². The van der Waals surface area contributed by atoms with Gasteiger partial charge in [-0.2, -0.15) is 0 Å². The molecule has 0 atom stereocenters. The minimum absolute atomic E-state index is 0.150. The number of aryl methyl sites for hydroxylation is 1. The second-order valence-electron chi connectivity index (χ2n) is 6.87. The minimum Gasteiger partial charge on any atom is -0.325 e. The minimum atomic E-state index is -0.344. The van der Waals surface area contributed by atoms with Gasteiger partial charge in [0.05, 0.1) is 5.75 Å². The Morgan fingerprint density at radius 1 is 0.968 bits per heavy atom. The van der Waals surface area contributed by atoms with E-state index in [1.165, 1.54) is 41.6 Å². The molecule has 5 nitrogen and oxygen atoms in total. The number of carbonyl (C=O) groups excluding carboxylic acids is 1. The van der Waals surface area contributed by atoms with Crippen LogP contribution in [0.4, 0.5) is 10.1 Å². The molecule has 0 aliphatic heterocycles. The SMILES string of the molecule is CCc1ccc(-n2c(SCC(=O)Nc3ccc(F)cc3)nnc2-c2ccccc2)cc1. The summed E-state index contributed by atoms with van der Waals surface area (Å²) >= 11 is 1.30. The van der Waals surface area contributed by atoms with Crippen molar-refractivity contribution in [3.05, 3.63) is 90.2 Å². The van der Waals surface area contributed by atoms with Crippen molar-refractivity contribution in [3.63, 3.8) is 0 Å². The summed E-state index contributed by atoms with van der Waals surface area (Å²) in [6.45, 7) is 2.12. The second-order valence-corrected chi connectivity index (χ2v) is 7.81. The topological polar surface area (TPSA) is 59.8 Å². The average molecular weight is 433 g/mol. The molecular formula is C24H21FN4OS. The van der Waals surface area contributed by atoms with Gasteiger partial charge in [-0.15, -0.1) is 10.2 Å². The molecular weight excluding hydrogens is 411 g/mol. The number of thioether (sulfide) groups is 1. The first-order valence-corrected chi connectivity index (χ1v) is 10.9. The van der Waals surface area contributed by atoms with Crippen molar-refractivity contribution < 1.29 is 9.18 Å². The maximum atomic E-state index is 13.1. The summed E-state index contributed by atoms with van der Waals surface area (Å²) in [5.74, 6) is 0.320. The average Bonchev–Trinajstić information content (AvgIpc) is 3.24. The van der Waals surface area contributed by atoms with E-state index in [0.717, 1.165) is 17.7 Å². The van der Waals surface area contributed by atoms with Crippen LogP contribution in [-0.4, -0.2) is 26.4 Å². The lowest BCUT2D eigenvalue weighted by Gasteiger charge is -2.11. The lowest BCUT2D eigenvalue weighted by molar-refractivity contribution is -0.113. The number of rotatable bonds is 7. The van der Waals surface area contributed by atoms with Crippen LogP contribution >= 0.6 is 11.8 Å². The van der Waals surface area contributed by atoms with Crippen LogP contribution in [0.1, 0.15) is 12.5 Å². The van der Waals surface area contributed by atoms with Gasteiger partial charge in [-0.25, -0.2) is 4.39 Å². The lowest BCUT2D eigenvalue weighted by Crippen LogP contribution is -2.14. The van der Waals surface area contributed by atoms with Crippen LogP contribution in [0.15, 0.2) is 84.0 Å². The number of hydrogen-bond acceptors (Lipinski definition) is 4. The van der Waals surface area contributed by atoms with E-state index in [1.807, 2.05) is 47.0 Å². The number of carbonyl (C=O) groups is 1. The third-order valence-corrected chi connectivity index (χ3v) is 5.66. The molecule has 0 fully saturated rings. The fourth-order valence-electron chi connectivity index (χ4n) is 3.11. The zero-order chi connectivity index (χ0) is 21.6. The standard InChI is InChI=1S/C24H21FN4OS/c1-2-17-8-14-21(15-9-17)29-23(18-6-4-3-5-7-18)27-28-24(29)31-16-22(30)26-20-12-10-19(25)11-13-20/h3-15H,2,16H2,1H3,(H,26,30). The Labute approximate surface area is 184 Å². The van der Waals surface area contributed by atoms with Crippen molar-refractivity contribution in [1.29, 1.82) is 0 Å². The van der Waals surface area contributed by atoms with Crippen LogP contribution in [0.5, 0.6) is 0 Å². The third kappa shape index (κ3) is 5.00.